The molecule has 2 aromatic rings. The fourth-order valence-electron chi connectivity index (χ4n) is 2.02. The first-order chi connectivity index (χ1) is 12.8. The van der Waals surface area contributed by atoms with Crippen molar-refractivity contribution in [2.45, 2.75) is 13.8 Å². The first-order valence-electron chi connectivity index (χ1n) is 8.30. The highest BCUT2D eigenvalue weighted by molar-refractivity contribution is 7.80. The highest BCUT2D eigenvalue weighted by Crippen LogP contribution is 2.16. The Morgan fingerprint density at radius 3 is 2.30 bits per heavy atom. The molecule has 0 aromatic heterocycles. The number of benzene rings is 2. The highest BCUT2D eigenvalue weighted by atomic mass is 35.5. The average Bonchev–Trinajstić information content (AvgIpc) is 2.61. The Balaban J connectivity index is 1.90. The summed E-state index contributed by atoms with van der Waals surface area (Å²) in [6, 6.07) is 14.2. The standard InChI is InChI=1S/C20H20ClN3O2S/c1-13(2)19(26)22-16-4-3-5-17(12-16)23-20(27)24-18(25)11-8-14-6-9-15(21)10-7-14/h3-13H,1-2H3,(H,22,26)(H2,23,24,25,27)/b11-8+. The van der Waals surface area contributed by atoms with Crippen LogP contribution < -0.4 is 16.0 Å². The lowest BCUT2D eigenvalue weighted by Gasteiger charge is -2.11. The largest absolute Gasteiger partial charge is 0.332 e. The van der Waals surface area contributed by atoms with Gasteiger partial charge in [-0.15, -0.1) is 0 Å². The van der Waals surface area contributed by atoms with Gasteiger partial charge in [-0.2, -0.15) is 0 Å². The average molecular weight is 402 g/mol. The number of thiocarbonyl (C=S) groups is 1. The molecule has 0 saturated carbocycles. The van der Waals surface area contributed by atoms with Crippen molar-refractivity contribution in [3.63, 3.8) is 0 Å². The van der Waals surface area contributed by atoms with Crippen LogP contribution in [-0.2, 0) is 9.59 Å². The Hall–Kier alpha value is -2.70. The van der Waals surface area contributed by atoms with E-state index in [1.807, 2.05) is 13.8 Å². The minimum absolute atomic E-state index is 0.0737. The van der Waals surface area contributed by atoms with Crippen LogP contribution >= 0.6 is 23.8 Å². The van der Waals surface area contributed by atoms with Gasteiger partial charge in [0.15, 0.2) is 5.11 Å². The molecule has 0 heterocycles. The fourth-order valence-corrected chi connectivity index (χ4v) is 2.37. The maximum atomic E-state index is 12.0. The summed E-state index contributed by atoms with van der Waals surface area (Å²) in [7, 11) is 0. The zero-order valence-corrected chi connectivity index (χ0v) is 16.5. The van der Waals surface area contributed by atoms with Gasteiger partial charge in [-0.05, 0) is 54.2 Å². The number of hydrogen-bond acceptors (Lipinski definition) is 3. The fraction of sp³-hybridized carbons (Fsp3) is 0.150. The number of halogens is 1. The number of carbonyl (C=O) groups excluding carboxylic acids is 2. The molecule has 7 heteroatoms. The van der Waals surface area contributed by atoms with Gasteiger partial charge < -0.3 is 10.6 Å². The van der Waals surface area contributed by atoms with Crippen molar-refractivity contribution >= 4 is 58.2 Å². The molecule has 140 valence electrons. The third-order valence-corrected chi connectivity index (χ3v) is 3.90. The summed E-state index contributed by atoms with van der Waals surface area (Å²) in [5.41, 5.74) is 2.15. The Kier molecular flexibility index (Phi) is 7.52. The lowest BCUT2D eigenvalue weighted by atomic mass is 10.2. The van der Waals surface area contributed by atoms with Crippen LogP contribution in [-0.4, -0.2) is 16.9 Å². The summed E-state index contributed by atoms with van der Waals surface area (Å²) in [5, 5.41) is 9.09. The number of hydrogen-bond donors (Lipinski definition) is 3. The second-order valence-corrected chi connectivity index (χ2v) is 6.90. The van der Waals surface area contributed by atoms with Gasteiger partial charge in [-0.25, -0.2) is 0 Å². The maximum absolute atomic E-state index is 12.0. The Morgan fingerprint density at radius 2 is 1.67 bits per heavy atom. The van der Waals surface area contributed by atoms with E-state index in [1.165, 1.54) is 6.08 Å². The van der Waals surface area contributed by atoms with E-state index in [9.17, 15) is 9.59 Å². The predicted octanol–water partition coefficient (Wildman–Crippen LogP) is 4.46. The highest BCUT2D eigenvalue weighted by Gasteiger charge is 2.08. The molecular weight excluding hydrogens is 382 g/mol. The van der Waals surface area contributed by atoms with E-state index in [0.717, 1.165) is 5.56 Å². The molecule has 2 aromatic carbocycles. The second kappa shape index (κ2) is 9.85. The Morgan fingerprint density at radius 1 is 1.04 bits per heavy atom. The molecule has 0 aliphatic carbocycles. The monoisotopic (exact) mass is 401 g/mol. The minimum Gasteiger partial charge on any atom is -0.332 e. The van der Waals surface area contributed by atoms with Crippen LogP contribution in [0.25, 0.3) is 6.08 Å². The number of amides is 2. The molecule has 0 aliphatic rings. The van der Waals surface area contributed by atoms with Crippen molar-refractivity contribution in [2.75, 3.05) is 10.6 Å². The van der Waals surface area contributed by atoms with Gasteiger partial charge in [0.2, 0.25) is 11.8 Å². The minimum atomic E-state index is -0.355. The number of nitrogens with one attached hydrogen (secondary N) is 3. The molecule has 3 N–H and O–H groups in total. The van der Waals surface area contributed by atoms with E-state index >= 15 is 0 Å². The molecule has 5 nitrogen and oxygen atoms in total. The number of rotatable bonds is 5. The zero-order chi connectivity index (χ0) is 19.8. The van der Waals surface area contributed by atoms with Crippen LogP contribution in [0.4, 0.5) is 11.4 Å². The SMILES string of the molecule is CC(C)C(=O)Nc1cccc(NC(=S)NC(=O)/C=C/c2ccc(Cl)cc2)c1. The van der Waals surface area contributed by atoms with E-state index in [1.54, 1.807) is 54.6 Å². The van der Waals surface area contributed by atoms with Gasteiger partial charge in [0, 0.05) is 28.4 Å². The molecule has 2 amide bonds. The van der Waals surface area contributed by atoms with Crippen LogP contribution in [0.15, 0.2) is 54.6 Å². The topological polar surface area (TPSA) is 70.2 Å². The van der Waals surface area contributed by atoms with Crippen molar-refractivity contribution in [2.24, 2.45) is 5.92 Å². The van der Waals surface area contributed by atoms with Crippen LogP contribution in [0.5, 0.6) is 0 Å². The lowest BCUT2D eigenvalue weighted by Crippen LogP contribution is -2.32. The van der Waals surface area contributed by atoms with Crippen LogP contribution in [0.1, 0.15) is 19.4 Å². The second-order valence-electron chi connectivity index (χ2n) is 6.05. The number of anilines is 2. The van der Waals surface area contributed by atoms with Crippen LogP contribution in [0.2, 0.25) is 5.02 Å². The molecular formula is C20H20ClN3O2S. The molecule has 0 spiro atoms. The lowest BCUT2D eigenvalue weighted by molar-refractivity contribution is -0.119. The first-order valence-corrected chi connectivity index (χ1v) is 9.08. The molecule has 0 unspecified atom stereocenters. The zero-order valence-electron chi connectivity index (χ0n) is 15.0. The van der Waals surface area contributed by atoms with Crippen molar-refractivity contribution in [1.29, 1.82) is 0 Å². The quantitative estimate of drug-likeness (QED) is 0.511. The molecule has 0 radical (unpaired) electrons. The van der Waals surface area contributed by atoms with E-state index < -0.39 is 0 Å². The molecule has 0 bridgehead atoms. The van der Waals surface area contributed by atoms with E-state index in [4.69, 9.17) is 23.8 Å². The third-order valence-electron chi connectivity index (χ3n) is 3.45. The van der Waals surface area contributed by atoms with E-state index in [2.05, 4.69) is 16.0 Å². The van der Waals surface area contributed by atoms with Crippen molar-refractivity contribution < 1.29 is 9.59 Å². The van der Waals surface area contributed by atoms with E-state index in [-0.39, 0.29) is 22.8 Å². The summed E-state index contributed by atoms with van der Waals surface area (Å²) >= 11 is 11.0. The van der Waals surface area contributed by atoms with Crippen LogP contribution in [0, 0.1) is 5.92 Å². The molecule has 0 saturated heterocycles. The van der Waals surface area contributed by atoms with Gasteiger partial charge in [0.05, 0.1) is 0 Å². The van der Waals surface area contributed by atoms with Gasteiger partial charge >= 0.3 is 0 Å². The summed E-state index contributed by atoms with van der Waals surface area (Å²) in [5.74, 6) is -0.545. The van der Waals surface area contributed by atoms with Gasteiger partial charge in [0.25, 0.3) is 0 Å². The molecule has 0 fully saturated rings. The summed E-state index contributed by atoms with van der Waals surface area (Å²) < 4.78 is 0. The molecule has 0 atom stereocenters. The maximum Gasteiger partial charge on any atom is 0.250 e. The molecule has 0 aliphatic heterocycles. The van der Waals surface area contributed by atoms with Crippen molar-refractivity contribution in [3.8, 4) is 0 Å². The summed E-state index contributed by atoms with van der Waals surface area (Å²) in [6.45, 7) is 3.64. The summed E-state index contributed by atoms with van der Waals surface area (Å²) in [4.78, 5) is 23.7. The Labute approximate surface area is 168 Å². The third kappa shape index (κ3) is 7.21. The predicted molar refractivity (Wildman–Crippen MR) is 115 cm³/mol. The van der Waals surface area contributed by atoms with Gasteiger partial charge in [0.1, 0.15) is 0 Å². The smallest absolute Gasteiger partial charge is 0.250 e. The molecule has 27 heavy (non-hydrogen) atoms. The van der Waals surface area contributed by atoms with Crippen molar-refractivity contribution in [1.82, 2.24) is 5.32 Å². The number of carbonyl (C=O) groups is 2. The van der Waals surface area contributed by atoms with Gasteiger partial charge in [-0.3, -0.25) is 14.9 Å². The molecule has 2 rings (SSSR count). The Bertz CT molecular complexity index is 864. The van der Waals surface area contributed by atoms with Gasteiger partial charge in [-0.1, -0.05) is 43.6 Å². The normalized spacial score (nSPS) is 10.7. The van der Waals surface area contributed by atoms with E-state index in [0.29, 0.717) is 16.4 Å². The van der Waals surface area contributed by atoms with Crippen LogP contribution in [0.3, 0.4) is 0 Å². The van der Waals surface area contributed by atoms with Crippen molar-refractivity contribution in [3.05, 3.63) is 65.2 Å². The summed E-state index contributed by atoms with van der Waals surface area (Å²) in [6.07, 6.45) is 3.05. The first kappa shape index (κ1) is 20.6.